The van der Waals surface area contributed by atoms with Crippen molar-refractivity contribution in [1.29, 1.82) is 0 Å². The Kier molecular flexibility index (Phi) is 5.59. The maximum Gasteiger partial charge on any atom is 0.129 e. The number of nitrogens with zero attached hydrogens (tertiary/aromatic N) is 2. The fourth-order valence-corrected chi connectivity index (χ4v) is 2.42. The predicted molar refractivity (Wildman–Crippen MR) is 87.9 cm³/mol. The largest absolute Gasteiger partial charge is 0.380 e. The monoisotopic (exact) mass is 291 g/mol. The Morgan fingerprint density at radius 1 is 1.24 bits per heavy atom. The molecule has 1 aromatic rings. The first-order chi connectivity index (χ1) is 9.98. The van der Waals surface area contributed by atoms with Crippen LogP contribution in [0.2, 0.25) is 0 Å². The molecular weight excluding hydrogens is 262 g/mol. The molecule has 0 bridgehead atoms. The molecule has 21 heavy (non-hydrogen) atoms. The van der Waals surface area contributed by atoms with Gasteiger partial charge in [0.25, 0.3) is 0 Å². The maximum absolute atomic E-state index is 5.54. The topological polar surface area (TPSA) is 37.4 Å². The number of pyridine rings is 1. The van der Waals surface area contributed by atoms with Crippen molar-refractivity contribution in [3.63, 3.8) is 0 Å². The molecule has 2 rings (SSSR count). The number of aryl methyl sites for hydroxylation is 1. The third-order valence-corrected chi connectivity index (χ3v) is 3.66. The lowest BCUT2D eigenvalue weighted by Gasteiger charge is -2.24. The van der Waals surface area contributed by atoms with Gasteiger partial charge in [-0.2, -0.15) is 0 Å². The van der Waals surface area contributed by atoms with Gasteiger partial charge >= 0.3 is 0 Å². The van der Waals surface area contributed by atoms with Crippen LogP contribution in [-0.4, -0.2) is 36.8 Å². The van der Waals surface area contributed by atoms with Crippen LogP contribution >= 0.6 is 0 Å². The summed E-state index contributed by atoms with van der Waals surface area (Å²) < 4.78 is 5.54. The molecule has 0 radical (unpaired) electrons. The van der Waals surface area contributed by atoms with Crippen molar-refractivity contribution in [1.82, 2.24) is 10.3 Å². The first-order valence-corrected chi connectivity index (χ1v) is 8.05. The second kappa shape index (κ2) is 7.23. The van der Waals surface area contributed by atoms with E-state index >= 15 is 0 Å². The van der Waals surface area contributed by atoms with E-state index in [9.17, 15) is 0 Å². The van der Waals surface area contributed by atoms with E-state index in [1.807, 2.05) is 0 Å². The highest BCUT2D eigenvalue weighted by Crippen LogP contribution is 2.18. The average molecular weight is 291 g/mol. The summed E-state index contributed by atoms with van der Waals surface area (Å²) in [6.07, 6.45) is 2.05. The summed E-state index contributed by atoms with van der Waals surface area (Å²) in [5.41, 5.74) is 2.62. The Hall–Kier alpha value is -1.13. The van der Waals surface area contributed by atoms with E-state index in [0.717, 1.165) is 51.5 Å². The number of hydrogen-bond donors (Lipinski definition) is 1. The Labute approximate surface area is 128 Å². The third kappa shape index (κ3) is 5.29. The van der Waals surface area contributed by atoms with Crippen LogP contribution in [0.25, 0.3) is 0 Å². The zero-order valence-electron chi connectivity index (χ0n) is 13.9. The molecule has 1 saturated heterocycles. The first kappa shape index (κ1) is 16.2. The van der Waals surface area contributed by atoms with Crippen molar-refractivity contribution in [2.75, 3.05) is 31.2 Å². The van der Waals surface area contributed by atoms with Crippen molar-refractivity contribution >= 4 is 5.82 Å². The number of rotatable bonds is 4. The molecule has 0 aromatic carbocycles. The average Bonchev–Trinajstić information content (AvgIpc) is 2.73. The van der Waals surface area contributed by atoms with Gasteiger partial charge in [-0.05, 0) is 51.3 Å². The molecule has 0 amide bonds. The number of ether oxygens (including phenoxy) is 1. The number of aromatic nitrogens is 1. The summed E-state index contributed by atoms with van der Waals surface area (Å²) in [7, 11) is 0. The van der Waals surface area contributed by atoms with Crippen molar-refractivity contribution < 1.29 is 4.74 Å². The van der Waals surface area contributed by atoms with Gasteiger partial charge in [-0.15, -0.1) is 0 Å². The lowest BCUT2D eigenvalue weighted by molar-refractivity contribution is 0.152. The number of hydrogen-bond acceptors (Lipinski definition) is 4. The Bertz CT molecular complexity index is 446. The molecule has 0 unspecified atom stereocenters. The summed E-state index contributed by atoms with van der Waals surface area (Å²) in [5.74, 6) is 1.10. The lowest BCUT2D eigenvalue weighted by atomic mass is 10.1. The lowest BCUT2D eigenvalue weighted by Crippen LogP contribution is -2.35. The van der Waals surface area contributed by atoms with Crippen LogP contribution in [0, 0.1) is 0 Å². The summed E-state index contributed by atoms with van der Waals surface area (Å²) in [6, 6.07) is 4.44. The fraction of sp³-hybridized carbons (Fsp3) is 0.706. The van der Waals surface area contributed by atoms with Crippen LogP contribution in [0.4, 0.5) is 5.82 Å². The molecule has 4 nitrogen and oxygen atoms in total. The van der Waals surface area contributed by atoms with Gasteiger partial charge in [-0.3, -0.25) is 0 Å². The van der Waals surface area contributed by atoms with E-state index in [0.29, 0.717) is 0 Å². The van der Waals surface area contributed by atoms with Crippen molar-refractivity contribution in [3.8, 4) is 0 Å². The second-order valence-electron chi connectivity index (χ2n) is 6.74. The molecule has 0 aliphatic carbocycles. The minimum Gasteiger partial charge on any atom is -0.380 e. The molecule has 4 heteroatoms. The van der Waals surface area contributed by atoms with Crippen LogP contribution in [0.15, 0.2) is 12.1 Å². The van der Waals surface area contributed by atoms with Crippen LogP contribution in [0.3, 0.4) is 0 Å². The van der Waals surface area contributed by atoms with Gasteiger partial charge in [0.1, 0.15) is 5.82 Å². The van der Waals surface area contributed by atoms with Crippen LogP contribution in [0.5, 0.6) is 0 Å². The maximum atomic E-state index is 5.54. The van der Waals surface area contributed by atoms with E-state index in [-0.39, 0.29) is 5.54 Å². The van der Waals surface area contributed by atoms with Gasteiger partial charge in [-0.25, -0.2) is 4.98 Å². The Balaban J connectivity index is 2.16. The van der Waals surface area contributed by atoms with E-state index in [2.05, 4.69) is 50.0 Å². The van der Waals surface area contributed by atoms with Crippen LogP contribution in [-0.2, 0) is 17.7 Å². The number of nitrogens with one attached hydrogen (secondary N) is 1. The molecule has 1 aromatic heterocycles. The highest BCUT2D eigenvalue weighted by molar-refractivity contribution is 5.43. The molecule has 118 valence electrons. The summed E-state index contributed by atoms with van der Waals surface area (Å²) in [6.45, 7) is 13.3. The summed E-state index contributed by atoms with van der Waals surface area (Å²) in [4.78, 5) is 7.16. The quantitative estimate of drug-likeness (QED) is 0.925. The van der Waals surface area contributed by atoms with Gasteiger partial charge < -0.3 is 15.0 Å². The molecule has 1 aliphatic rings. The standard InChI is InChI=1S/C17H29N3O/c1-5-15-11-14(13-18-17(2,3)4)12-16(19-15)20-7-6-9-21-10-8-20/h11-12,18H,5-10,13H2,1-4H3. The van der Waals surface area contributed by atoms with Gasteiger partial charge in [0.2, 0.25) is 0 Å². The highest BCUT2D eigenvalue weighted by atomic mass is 16.5. The molecule has 0 saturated carbocycles. The number of anilines is 1. The summed E-state index contributed by atoms with van der Waals surface area (Å²) in [5, 5.41) is 3.56. The molecule has 2 heterocycles. The van der Waals surface area contributed by atoms with Crippen molar-refractivity contribution in [3.05, 3.63) is 23.4 Å². The second-order valence-corrected chi connectivity index (χ2v) is 6.74. The van der Waals surface area contributed by atoms with E-state index in [4.69, 9.17) is 9.72 Å². The van der Waals surface area contributed by atoms with Crippen molar-refractivity contribution in [2.24, 2.45) is 0 Å². The molecule has 1 fully saturated rings. The van der Waals surface area contributed by atoms with Gasteiger partial charge in [0, 0.05) is 37.5 Å². The first-order valence-electron chi connectivity index (χ1n) is 8.05. The van der Waals surface area contributed by atoms with E-state index in [1.54, 1.807) is 0 Å². The molecule has 0 atom stereocenters. The third-order valence-electron chi connectivity index (χ3n) is 3.66. The minimum atomic E-state index is 0.131. The SMILES string of the molecule is CCc1cc(CNC(C)(C)C)cc(N2CCCOCC2)n1. The van der Waals surface area contributed by atoms with Gasteiger partial charge in [0.15, 0.2) is 0 Å². The molecule has 1 aliphatic heterocycles. The molecule has 0 spiro atoms. The highest BCUT2D eigenvalue weighted by Gasteiger charge is 2.14. The Morgan fingerprint density at radius 2 is 2.05 bits per heavy atom. The van der Waals surface area contributed by atoms with Crippen LogP contribution in [0.1, 0.15) is 45.4 Å². The van der Waals surface area contributed by atoms with Crippen molar-refractivity contribution in [2.45, 2.75) is 52.6 Å². The zero-order valence-corrected chi connectivity index (χ0v) is 13.9. The minimum absolute atomic E-state index is 0.131. The van der Waals surface area contributed by atoms with Crippen LogP contribution < -0.4 is 10.2 Å². The van der Waals surface area contributed by atoms with Gasteiger partial charge in [0.05, 0.1) is 6.61 Å². The summed E-state index contributed by atoms with van der Waals surface area (Å²) >= 11 is 0. The fourth-order valence-electron chi connectivity index (χ4n) is 2.42. The predicted octanol–water partition coefficient (Wildman–Crippen LogP) is 2.76. The normalized spacial score (nSPS) is 16.9. The smallest absolute Gasteiger partial charge is 0.129 e. The molecule has 1 N–H and O–H groups in total. The van der Waals surface area contributed by atoms with E-state index in [1.165, 1.54) is 11.3 Å². The zero-order chi connectivity index (χ0) is 15.3. The Morgan fingerprint density at radius 3 is 2.76 bits per heavy atom. The molecular formula is C17H29N3O. The van der Waals surface area contributed by atoms with E-state index < -0.39 is 0 Å². The van der Waals surface area contributed by atoms with Gasteiger partial charge in [-0.1, -0.05) is 6.92 Å².